The summed E-state index contributed by atoms with van der Waals surface area (Å²) >= 11 is 0. The van der Waals surface area contributed by atoms with Gasteiger partial charge in [0, 0.05) is 35.8 Å². The zero-order valence-corrected chi connectivity index (χ0v) is 24.2. The smallest absolute Gasteiger partial charge is 0.251 e. The molecular weight excluding hydrogens is 554 g/mol. The first-order valence-corrected chi connectivity index (χ1v) is 13.7. The summed E-state index contributed by atoms with van der Waals surface area (Å²) in [7, 11) is 3.08. The molecule has 0 aliphatic rings. The Kier molecular flexibility index (Phi) is 10.6. The van der Waals surface area contributed by atoms with Gasteiger partial charge in [0.2, 0.25) is 0 Å². The molecule has 0 saturated heterocycles. The number of ether oxygens (including phenoxy) is 2. The molecule has 43 heavy (non-hydrogen) atoms. The fourth-order valence-corrected chi connectivity index (χ4v) is 4.78. The fraction of sp³-hybridized carbons (Fsp3) is 0.235. The van der Waals surface area contributed by atoms with Gasteiger partial charge in [0.25, 0.3) is 5.91 Å². The van der Waals surface area contributed by atoms with Crippen molar-refractivity contribution in [1.29, 1.82) is 0 Å². The average molecular weight is 589 g/mol. The molecule has 4 aromatic carbocycles. The topological polar surface area (TPSA) is 96.9 Å². The van der Waals surface area contributed by atoms with E-state index in [0.717, 1.165) is 23.8 Å². The monoisotopic (exact) mass is 588 g/mol. The van der Waals surface area contributed by atoms with E-state index in [-0.39, 0.29) is 29.9 Å². The molecule has 0 aliphatic heterocycles. The maximum Gasteiger partial charge on any atom is 0.251 e. The number of carbonyl (C=O) groups is 2. The third-order valence-corrected chi connectivity index (χ3v) is 6.91. The number of carbonyl (C=O) groups excluding carboxylic acids is 2. The standard InChI is InChI=1S/C34H34F2N2O5/c1-21-10-25(33(40)24-7-5-9-30(17-24)43-3)16-26(11-21)34(41)38-31(15-23-12-27(35)18-28(36)13-23)32(39)20-37-19-22-6-4-8-29(14-22)42-2/h4-14,16-18,31-32,37,39H,15,19-20H2,1-3H3,(H,38,41). The number of methoxy groups -OCH3 is 2. The van der Waals surface area contributed by atoms with Crippen molar-refractivity contribution in [3.63, 3.8) is 0 Å². The van der Waals surface area contributed by atoms with E-state index < -0.39 is 29.7 Å². The van der Waals surface area contributed by atoms with E-state index in [4.69, 9.17) is 9.47 Å². The van der Waals surface area contributed by atoms with Crippen molar-refractivity contribution in [3.05, 3.63) is 130 Å². The van der Waals surface area contributed by atoms with Crippen LogP contribution in [0.3, 0.4) is 0 Å². The third kappa shape index (κ3) is 8.70. The second-order valence-electron chi connectivity index (χ2n) is 10.3. The molecule has 1 amide bonds. The maximum absolute atomic E-state index is 14.0. The summed E-state index contributed by atoms with van der Waals surface area (Å²) in [5.41, 5.74) is 2.80. The molecule has 4 aromatic rings. The molecule has 0 saturated carbocycles. The Morgan fingerprint density at radius 1 is 0.791 bits per heavy atom. The lowest BCUT2D eigenvalue weighted by Crippen LogP contribution is -2.48. The number of benzene rings is 4. The highest BCUT2D eigenvalue weighted by atomic mass is 19.1. The molecule has 9 heteroatoms. The summed E-state index contributed by atoms with van der Waals surface area (Å²) in [6.45, 7) is 2.26. The molecular formula is C34H34F2N2O5. The van der Waals surface area contributed by atoms with Crippen molar-refractivity contribution in [2.75, 3.05) is 20.8 Å². The number of rotatable bonds is 13. The van der Waals surface area contributed by atoms with Gasteiger partial charge in [-0.25, -0.2) is 8.78 Å². The molecule has 0 radical (unpaired) electrons. The summed E-state index contributed by atoms with van der Waals surface area (Å²) in [6.07, 6.45) is -1.16. The van der Waals surface area contributed by atoms with Crippen molar-refractivity contribution >= 4 is 11.7 Å². The maximum atomic E-state index is 14.0. The van der Waals surface area contributed by atoms with E-state index in [1.54, 1.807) is 50.4 Å². The summed E-state index contributed by atoms with van der Waals surface area (Å²) in [6, 6.07) is 21.1. The van der Waals surface area contributed by atoms with Crippen molar-refractivity contribution < 1.29 is 33.0 Å². The van der Waals surface area contributed by atoms with Crippen LogP contribution in [0.15, 0.2) is 84.9 Å². The molecule has 0 fully saturated rings. The minimum Gasteiger partial charge on any atom is -0.497 e. The van der Waals surface area contributed by atoms with Gasteiger partial charge in [0.15, 0.2) is 5.78 Å². The normalized spacial score (nSPS) is 12.3. The molecule has 0 spiro atoms. The Balaban J connectivity index is 1.53. The lowest BCUT2D eigenvalue weighted by molar-refractivity contribution is 0.0829. The van der Waals surface area contributed by atoms with E-state index in [9.17, 15) is 23.5 Å². The van der Waals surface area contributed by atoms with Crippen LogP contribution in [0.2, 0.25) is 0 Å². The zero-order chi connectivity index (χ0) is 30.9. The Labute approximate surface area is 249 Å². The predicted molar refractivity (Wildman–Crippen MR) is 160 cm³/mol. The zero-order valence-electron chi connectivity index (χ0n) is 24.2. The number of aryl methyl sites for hydroxylation is 1. The van der Waals surface area contributed by atoms with Crippen molar-refractivity contribution in [3.8, 4) is 11.5 Å². The van der Waals surface area contributed by atoms with Crippen LogP contribution >= 0.6 is 0 Å². The van der Waals surface area contributed by atoms with Crippen LogP contribution in [0.5, 0.6) is 11.5 Å². The van der Waals surface area contributed by atoms with Gasteiger partial charge in [0.1, 0.15) is 23.1 Å². The molecule has 4 rings (SSSR count). The largest absolute Gasteiger partial charge is 0.497 e. The van der Waals surface area contributed by atoms with Gasteiger partial charge in [-0.3, -0.25) is 9.59 Å². The van der Waals surface area contributed by atoms with Crippen molar-refractivity contribution in [2.45, 2.75) is 32.0 Å². The number of aliphatic hydroxyl groups is 1. The van der Waals surface area contributed by atoms with Gasteiger partial charge in [-0.05, 0) is 84.6 Å². The number of ketones is 1. The SMILES string of the molecule is COc1cccc(CNCC(O)C(Cc2cc(F)cc(F)c2)NC(=O)c2cc(C)cc(C(=O)c3cccc(OC)c3)c2)c1. The first kappa shape index (κ1) is 31.3. The van der Waals surface area contributed by atoms with E-state index in [1.165, 1.54) is 13.2 Å². The Hall–Kier alpha value is -4.60. The first-order valence-electron chi connectivity index (χ1n) is 13.7. The van der Waals surface area contributed by atoms with Crippen LogP contribution in [0, 0.1) is 18.6 Å². The van der Waals surface area contributed by atoms with Crippen molar-refractivity contribution in [1.82, 2.24) is 10.6 Å². The van der Waals surface area contributed by atoms with E-state index in [0.29, 0.717) is 34.7 Å². The van der Waals surface area contributed by atoms with Crippen LogP contribution in [0.1, 0.15) is 43.0 Å². The molecule has 0 heterocycles. The highest BCUT2D eigenvalue weighted by molar-refractivity contribution is 6.10. The number of aliphatic hydroxyl groups excluding tert-OH is 1. The second-order valence-corrected chi connectivity index (χ2v) is 10.3. The average Bonchev–Trinajstić information content (AvgIpc) is 2.99. The molecule has 0 bridgehead atoms. The molecule has 0 aliphatic carbocycles. The van der Waals surface area contributed by atoms with Crippen LogP contribution < -0.4 is 20.1 Å². The van der Waals surface area contributed by atoms with Crippen LogP contribution in [-0.2, 0) is 13.0 Å². The summed E-state index contributed by atoms with van der Waals surface area (Å²) < 4.78 is 38.4. The van der Waals surface area contributed by atoms with Gasteiger partial charge < -0.3 is 25.2 Å². The van der Waals surface area contributed by atoms with Gasteiger partial charge in [-0.1, -0.05) is 24.3 Å². The Morgan fingerprint density at radius 3 is 2.14 bits per heavy atom. The van der Waals surface area contributed by atoms with Crippen LogP contribution in [0.25, 0.3) is 0 Å². The number of hydrogen-bond donors (Lipinski definition) is 3. The van der Waals surface area contributed by atoms with E-state index in [1.807, 2.05) is 24.3 Å². The molecule has 224 valence electrons. The lowest BCUT2D eigenvalue weighted by Gasteiger charge is -2.25. The Bertz CT molecular complexity index is 1570. The van der Waals surface area contributed by atoms with Gasteiger partial charge >= 0.3 is 0 Å². The van der Waals surface area contributed by atoms with Gasteiger partial charge in [-0.2, -0.15) is 0 Å². The van der Waals surface area contributed by atoms with Gasteiger partial charge in [-0.15, -0.1) is 0 Å². The second kappa shape index (κ2) is 14.5. The number of halogens is 2. The third-order valence-electron chi connectivity index (χ3n) is 6.91. The minimum absolute atomic E-state index is 0.0379. The Morgan fingerprint density at radius 2 is 1.44 bits per heavy atom. The molecule has 0 aromatic heterocycles. The molecule has 2 atom stereocenters. The fourth-order valence-electron chi connectivity index (χ4n) is 4.78. The number of hydrogen-bond acceptors (Lipinski definition) is 6. The summed E-state index contributed by atoms with van der Waals surface area (Å²) in [5.74, 6) is -1.12. The van der Waals surface area contributed by atoms with E-state index >= 15 is 0 Å². The predicted octanol–water partition coefficient (Wildman–Crippen LogP) is 5.01. The van der Waals surface area contributed by atoms with Gasteiger partial charge in [0.05, 0.1) is 26.4 Å². The summed E-state index contributed by atoms with van der Waals surface area (Å²) in [4.78, 5) is 26.7. The number of nitrogens with one attached hydrogen (secondary N) is 2. The van der Waals surface area contributed by atoms with Crippen molar-refractivity contribution in [2.24, 2.45) is 0 Å². The highest BCUT2D eigenvalue weighted by Crippen LogP contribution is 2.20. The van der Waals surface area contributed by atoms with Crippen LogP contribution in [0.4, 0.5) is 8.78 Å². The molecule has 7 nitrogen and oxygen atoms in total. The lowest BCUT2D eigenvalue weighted by atomic mass is 9.97. The van der Waals surface area contributed by atoms with Crippen LogP contribution in [-0.4, -0.2) is 49.7 Å². The molecule has 2 unspecified atom stereocenters. The number of amides is 1. The quantitative estimate of drug-likeness (QED) is 0.190. The highest BCUT2D eigenvalue weighted by Gasteiger charge is 2.24. The minimum atomic E-state index is -1.12. The molecule has 3 N–H and O–H groups in total. The van der Waals surface area contributed by atoms with E-state index in [2.05, 4.69) is 10.6 Å². The first-order chi connectivity index (χ1) is 20.6. The summed E-state index contributed by atoms with van der Waals surface area (Å²) in [5, 5.41) is 17.1.